The van der Waals surface area contributed by atoms with Crippen molar-refractivity contribution in [3.05, 3.63) is 23.8 Å². The summed E-state index contributed by atoms with van der Waals surface area (Å²) in [7, 11) is 4.85. The van der Waals surface area contributed by atoms with E-state index in [9.17, 15) is 14.4 Å². The third kappa shape index (κ3) is 1.91. The maximum Gasteiger partial charge on any atom is 0.344 e. The smallest absolute Gasteiger partial charge is 0.344 e. The number of rotatable bonds is 4. The van der Waals surface area contributed by atoms with Gasteiger partial charge in [0.2, 0.25) is 5.60 Å². The molecule has 1 amide bonds. The van der Waals surface area contributed by atoms with Gasteiger partial charge in [-0.25, -0.2) is 4.79 Å². The molecule has 0 radical (unpaired) electrons. The van der Waals surface area contributed by atoms with Gasteiger partial charge in [-0.15, -0.1) is 0 Å². The van der Waals surface area contributed by atoms with Crippen LogP contribution in [0, 0.1) is 5.41 Å². The topological polar surface area (TPSA) is 94.6 Å². The highest BCUT2D eigenvalue weighted by Crippen LogP contribution is 2.73. The van der Waals surface area contributed by atoms with Crippen LogP contribution >= 0.6 is 0 Å². The van der Waals surface area contributed by atoms with Crippen molar-refractivity contribution in [2.75, 3.05) is 32.7 Å². The molecule has 7 atom stereocenters. The Hall–Kier alpha value is -2.81. The van der Waals surface area contributed by atoms with Gasteiger partial charge in [-0.05, 0) is 24.5 Å². The van der Waals surface area contributed by atoms with E-state index < -0.39 is 46.6 Å². The summed E-state index contributed by atoms with van der Waals surface area (Å²) in [6, 6.07) is 5.14. The van der Waals surface area contributed by atoms with Crippen molar-refractivity contribution >= 4 is 23.5 Å². The standard InChI is InChI=1S/C24H28N2O7/c1-6-22-16-17(28)26-10-9-23(18(22)26)14-8-7-13(30-4)11-15(14)25(3)19(23)24(33-16,21(29)31-5)20(22)32-12(2)27/h7-8,11,16,18-20H,6,9-10H2,1-5H3/t16-,18+,19-,20-,22-,23-,24+/m1/s1. The lowest BCUT2D eigenvalue weighted by molar-refractivity contribution is -0.203. The second-order valence-electron chi connectivity index (χ2n) is 9.86. The number of ether oxygens (including phenoxy) is 4. The average molecular weight is 456 g/mol. The number of amides is 1. The number of hydrogen-bond acceptors (Lipinski definition) is 8. The van der Waals surface area contributed by atoms with E-state index in [1.54, 1.807) is 7.11 Å². The summed E-state index contributed by atoms with van der Waals surface area (Å²) in [5.74, 6) is -0.561. The zero-order chi connectivity index (χ0) is 23.5. The molecule has 5 aliphatic rings. The zero-order valence-electron chi connectivity index (χ0n) is 19.4. The van der Waals surface area contributed by atoms with Gasteiger partial charge in [0.1, 0.15) is 11.9 Å². The fraction of sp³-hybridized carbons (Fsp3) is 0.625. The van der Waals surface area contributed by atoms with Crippen molar-refractivity contribution < 1.29 is 33.3 Å². The number of hydrogen-bond donors (Lipinski definition) is 0. The number of carbonyl (C=O) groups excluding carboxylic acids is 3. The van der Waals surface area contributed by atoms with Crippen molar-refractivity contribution in [1.82, 2.24) is 4.90 Å². The van der Waals surface area contributed by atoms with Crippen molar-refractivity contribution in [1.29, 1.82) is 0 Å². The van der Waals surface area contributed by atoms with Crippen LogP contribution in [-0.4, -0.2) is 80.5 Å². The second kappa shape index (κ2) is 6.20. The van der Waals surface area contributed by atoms with E-state index in [2.05, 4.69) is 0 Å². The Labute approximate surface area is 191 Å². The molecule has 1 aromatic carbocycles. The molecule has 176 valence electrons. The van der Waals surface area contributed by atoms with Crippen LogP contribution in [0.25, 0.3) is 0 Å². The third-order valence-electron chi connectivity index (χ3n) is 9.03. The van der Waals surface area contributed by atoms with Gasteiger partial charge in [-0.2, -0.15) is 0 Å². The lowest BCUT2D eigenvalue weighted by atomic mass is 9.50. The Morgan fingerprint density at radius 1 is 1.24 bits per heavy atom. The molecule has 1 aromatic rings. The highest BCUT2D eigenvalue weighted by Gasteiger charge is 2.90. The van der Waals surface area contributed by atoms with Crippen LogP contribution in [0.1, 0.15) is 32.3 Å². The highest BCUT2D eigenvalue weighted by molar-refractivity contribution is 5.95. The lowest BCUT2D eigenvalue weighted by Gasteiger charge is -2.57. The fourth-order valence-electron chi connectivity index (χ4n) is 8.23. The first kappa shape index (κ1) is 20.8. The molecule has 4 fully saturated rings. The van der Waals surface area contributed by atoms with E-state index in [0.29, 0.717) is 25.1 Å². The number of anilines is 1. The van der Waals surface area contributed by atoms with Gasteiger partial charge >= 0.3 is 11.9 Å². The zero-order valence-corrected chi connectivity index (χ0v) is 19.4. The third-order valence-corrected chi connectivity index (χ3v) is 9.03. The molecule has 0 aromatic heterocycles. The molecule has 4 aliphatic heterocycles. The van der Waals surface area contributed by atoms with E-state index in [1.807, 2.05) is 42.0 Å². The molecule has 3 saturated heterocycles. The minimum absolute atomic E-state index is 0.135. The molecule has 1 spiro atoms. The van der Waals surface area contributed by atoms with Gasteiger partial charge in [-0.3, -0.25) is 9.59 Å². The predicted octanol–water partition coefficient (Wildman–Crippen LogP) is 1.02. The van der Waals surface area contributed by atoms with E-state index >= 15 is 0 Å². The van der Waals surface area contributed by atoms with Gasteiger partial charge < -0.3 is 28.7 Å². The van der Waals surface area contributed by atoms with Crippen LogP contribution in [0.4, 0.5) is 5.69 Å². The van der Waals surface area contributed by atoms with E-state index in [0.717, 1.165) is 11.3 Å². The Morgan fingerprint density at radius 2 is 2.00 bits per heavy atom. The Balaban J connectivity index is 1.71. The minimum Gasteiger partial charge on any atom is -0.497 e. The van der Waals surface area contributed by atoms with Crippen LogP contribution < -0.4 is 9.64 Å². The van der Waals surface area contributed by atoms with Gasteiger partial charge in [-0.1, -0.05) is 13.0 Å². The van der Waals surface area contributed by atoms with Crippen molar-refractivity contribution in [2.24, 2.45) is 5.41 Å². The molecule has 2 bridgehead atoms. The normalized spacial score (nSPS) is 41.2. The quantitative estimate of drug-likeness (QED) is 0.620. The van der Waals surface area contributed by atoms with Gasteiger partial charge in [0.05, 0.1) is 31.7 Å². The number of benzene rings is 1. The maximum absolute atomic E-state index is 13.7. The average Bonchev–Trinajstić information content (AvgIpc) is 3.46. The summed E-state index contributed by atoms with van der Waals surface area (Å²) in [6.07, 6.45) is -0.612. The lowest BCUT2D eigenvalue weighted by Crippen LogP contribution is -2.77. The molecule has 1 saturated carbocycles. The van der Waals surface area contributed by atoms with Crippen LogP contribution in [0.15, 0.2) is 18.2 Å². The molecule has 0 N–H and O–H groups in total. The molecular weight excluding hydrogens is 428 g/mol. The summed E-state index contributed by atoms with van der Waals surface area (Å²) in [6.45, 7) is 3.87. The summed E-state index contributed by atoms with van der Waals surface area (Å²) in [5, 5.41) is 0. The fourth-order valence-corrected chi connectivity index (χ4v) is 8.23. The summed E-state index contributed by atoms with van der Waals surface area (Å²) < 4.78 is 23.3. The molecule has 1 aliphatic carbocycles. The number of likely N-dealkylation sites (N-methyl/N-ethyl adjacent to an activating group) is 1. The highest BCUT2D eigenvalue weighted by atomic mass is 16.6. The van der Waals surface area contributed by atoms with Crippen molar-refractivity contribution in [3.63, 3.8) is 0 Å². The summed E-state index contributed by atoms with van der Waals surface area (Å²) in [5.41, 5.74) is -1.08. The molecule has 0 unspecified atom stereocenters. The summed E-state index contributed by atoms with van der Waals surface area (Å²) in [4.78, 5) is 43.6. The molecule has 33 heavy (non-hydrogen) atoms. The molecule has 4 heterocycles. The van der Waals surface area contributed by atoms with Gasteiger partial charge in [0.25, 0.3) is 5.91 Å². The number of fused-ring (bicyclic) bond motifs is 3. The SMILES string of the molecule is CC[C@@]12[C@@H]3O[C@@](C(=O)OC)([C@@H]4N(C)c5cc(OC)ccc5[C@@]45CCN(C3=O)[C@H]51)[C@@H]2OC(C)=O. The van der Waals surface area contributed by atoms with Crippen molar-refractivity contribution in [2.45, 2.75) is 62.0 Å². The van der Waals surface area contributed by atoms with Crippen LogP contribution in [0.3, 0.4) is 0 Å². The number of methoxy groups -OCH3 is 2. The first-order valence-corrected chi connectivity index (χ1v) is 11.4. The number of carbonyl (C=O) groups is 3. The molecule has 9 nitrogen and oxygen atoms in total. The minimum atomic E-state index is -1.63. The molecular formula is C24H28N2O7. The molecule has 9 heteroatoms. The number of esters is 2. The number of nitrogens with zero attached hydrogens (tertiary/aromatic N) is 2. The van der Waals surface area contributed by atoms with Gasteiger partial charge in [0, 0.05) is 37.7 Å². The Bertz CT molecular complexity index is 1110. The Kier molecular flexibility index (Phi) is 3.90. The van der Waals surface area contributed by atoms with E-state index in [1.165, 1.54) is 14.0 Å². The first-order chi connectivity index (χ1) is 15.7. The molecule has 6 rings (SSSR count). The first-order valence-electron chi connectivity index (χ1n) is 11.4. The second-order valence-corrected chi connectivity index (χ2v) is 9.86. The van der Waals surface area contributed by atoms with Gasteiger partial charge in [0.15, 0.2) is 6.10 Å². The Morgan fingerprint density at radius 3 is 2.64 bits per heavy atom. The largest absolute Gasteiger partial charge is 0.497 e. The summed E-state index contributed by atoms with van der Waals surface area (Å²) >= 11 is 0. The van der Waals surface area contributed by atoms with Crippen LogP contribution in [0.5, 0.6) is 5.75 Å². The van der Waals surface area contributed by atoms with Crippen LogP contribution in [-0.2, 0) is 34.0 Å². The van der Waals surface area contributed by atoms with E-state index in [4.69, 9.17) is 18.9 Å². The van der Waals surface area contributed by atoms with E-state index in [-0.39, 0.29) is 11.9 Å². The maximum atomic E-state index is 13.7. The van der Waals surface area contributed by atoms with Crippen molar-refractivity contribution in [3.8, 4) is 5.75 Å². The monoisotopic (exact) mass is 456 g/mol. The van der Waals surface area contributed by atoms with Crippen LogP contribution in [0.2, 0.25) is 0 Å². The predicted molar refractivity (Wildman–Crippen MR) is 115 cm³/mol.